The first-order valence-electron chi connectivity index (χ1n) is 7.76. The van der Waals surface area contributed by atoms with Gasteiger partial charge in [0.05, 0.1) is 10.9 Å². The molecule has 2 heterocycles. The Balaban J connectivity index is 1.82. The summed E-state index contributed by atoms with van der Waals surface area (Å²) in [6.07, 6.45) is 2.42. The number of nitrogens with zero attached hydrogens (tertiary/aromatic N) is 2. The first-order valence-corrected chi connectivity index (χ1v) is 8.13. The van der Waals surface area contributed by atoms with Crippen molar-refractivity contribution >= 4 is 28.2 Å². The number of fused-ring (bicyclic) bond motifs is 1. The third-order valence-electron chi connectivity index (χ3n) is 4.26. The molecule has 1 N–H and O–H groups in total. The van der Waals surface area contributed by atoms with Crippen LogP contribution in [-0.4, -0.2) is 23.1 Å². The zero-order valence-electron chi connectivity index (χ0n) is 12.6. The number of aromatic nitrogens is 2. The fourth-order valence-corrected chi connectivity index (χ4v) is 3.26. The normalized spacial score (nSPS) is 14.6. The maximum absolute atomic E-state index is 12.5. The van der Waals surface area contributed by atoms with Crippen molar-refractivity contribution in [3.63, 3.8) is 0 Å². The van der Waals surface area contributed by atoms with Crippen LogP contribution in [0.1, 0.15) is 12.8 Å². The van der Waals surface area contributed by atoms with Crippen LogP contribution >= 0.6 is 11.6 Å². The predicted octanol–water partition coefficient (Wildman–Crippen LogP) is 3.84. The highest BCUT2D eigenvalue weighted by Gasteiger charge is 2.14. The summed E-state index contributed by atoms with van der Waals surface area (Å²) in [5, 5.41) is 1.25. The molecule has 0 spiro atoms. The molecule has 1 aromatic heterocycles. The van der Waals surface area contributed by atoms with Gasteiger partial charge in [0.25, 0.3) is 5.56 Å². The maximum atomic E-state index is 12.5. The van der Waals surface area contributed by atoms with E-state index in [1.54, 1.807) is 12.1 Å². The second-order valence-electron chi connectivity index (χ2n) is 5.82. The standard InChI is InChI=1S/C18H16ClN3O/c19-13-5-3-4-12(10-13)17-20-16-7-6-14(22-8-1-2-9-22)11-15(16)18(23)21-17/h3-7,10-11H,1-2,8-9H2,(H,20,21,23). The monoisotopic (exact) mass is 325 g/mol. The number of H-pyrrole nitrogens is 1. The van der Waals surface area contributed by atoms with Gasteiger partial charge in [-0.25, -0.2) is 4.98 Å². The Kier molecular flexibility index (Phi) is 3.54. The van der Waals surface area contributed by atoms with Gasteiger partial charge in [0.2, 0.25) is 0 Å². The van der Waals surface area contributed by atoms with E-state index in [4.69, 9.17) is 11.6 Å². The average molecular weight is 326 g/mol. The van der Waals surface area contributed by atoms with Crippen LogP contribution in [0, 0.1) is 0 Å². The zero-order valence-corrected chi connectivity index (χ0v) is 13.3. The van der Waals surface area contributed by atoms with Crippen LogP contribution in [0.3, 0.4) is 0 Å². The van der Waals surface area contributed by atoms with Crippen molar-refractivity contribution in [3.8, 4) is 11.4 Å². The third kappa shape index (κ3) is 2.70. The molecule has 2 aromatic carbocycles. The Hall–Kier alpha value is -2.33. The molecular weight excluding hydrogens is 310 g/mol. The van der Waals surface area contributed by atoms with E-state index in [9.17, 15) is 4.79 Å². The van der Waals surface area contributed by atoms with E-state index in [2.05, 4.69) is 14.9 Å². The van der Waals surface area contributed by atoms with E-state index in [-0.39, 0.29) is 5.56 Å². The molecule has 1 aliphatic heterocycles. The molecule has 0 aliphatic carbocycles. The fraction of sp³-hybridized carbons (Fsp3) is 0.222. The molecule has 4 rings (SSSR count). The number of nitrogens with one attached hydrogen (secondary N) is 1. The van der Waals surface area contributed by atoms with Gasteiger partial charge in [0, 0.05) is 29.4 Å². The lowest BCUT2D eigenvalue weighted by Crippen LogP contribution is -2.18. The molecule has 0 saturated carbocycles. The number of anilines is 1. The molecule has 0 unspecified atom stereocenters. The molecule has 1 fully saturated rings. The highest BCUT2D eigenvalue weighted by Crippen LogP contribution is 2.24. The van der Waals surface area contributed by atoms with Gasteiger partial charge in [-0.2, -0.15) is 0 Å². The van der Waals surface area contributed by atoms with Crippen LogP contribution in [0.2, 0.25) is 5.02 Å². The maximum Gasteiger partial charge on any atom is 0.259 e. The zero-order chi connectivity index (χ0) is 15.8. The molecule has 5 heteroatoms. The molecule has 23 heavy (non-hydrogen) atoms. The molecule has 0 bridgehead atoms. The van der Waals surface area contributed by atoms with Gasteiger partial charge >= 0.3 is 0 Å². The van der Waals surface area contributed by atoms with Crippen LogP contribution in [0.5, 0.6) is 0 Å². The Bertz CT molecular complexity index is 929. The second kappa shape index (κ2) is 5.70. The molecule has 0 radical (unpaired) electrons. The van der Waals surface area contributed by atoms with Crippen molar-refractivity contribution < 1.29 is 0 Å². The van der Waals surface area contributed by atoms with Gasteiger partial charge in [-0.15, -0.1) is 0 Å². The summed E-state index contributed by atoms with van der Waals surface area (Å²) < 4.78 is 0. The number of rotatable bonds is 2. The van der Waals surface area contributed by atoms with Gasteiger partial charge < -0.3 is 9.88 Å². The lowest BCUT2D eigenvalue weighted by molar-refractivity contribution is 0.949. The first kappa shape index (κ1) is 14.3. The Morgan fingerprint density at radius 2 is 1.91 bits per heavy atom. The van der Waals surface area contributed by atoms with Gasteiger partial charge in [0.1, 0.15) is 5.82 Å². The fourth-order valence-electron chi connectivity index (χ4n) is 3.07. The predicted molar refractivity (Wildman–Crippen MR) is 94.3 cm³/mol. The van der Waals surface area contributed by atoms with Crippen molar-refractivity contribution in [3.05, 3.63) is 57.8 Å². The molecule has 116 valence electrons. The summed E-state index contributed by atoms with van der Waals surface area (Å²) in [5.74, 6) is 0.541. The van der Waals surface area contributed by atoms with E-state index in [0.29, 0.717) is 21.7 Å². The Labute approximate surface area is 138 Å². The number of halogens is 1. The summed E-state index contributed by atoms with van der Waals surface area (Å²) in [4.78, 5) is 22.2. The first-order chi connectivity index (χ1) is 11.2. The van der Waals surface area contributed by atoms with Gasteiger partial charge in [-0.05, 0) is 43.2 Å². The number of benzene rings is 2. The Morgan fingerprint density at radius 1 is 1.09 bits per heavy atom. The lowest BCUT2D eigenvalue weighted by atomic mass is 10.1. The van der Waals surface area contributed by atoms with Crippen molar-refractivity contribution in [1.29, 1.82) is 0 Å². The van der Waals surface area contributed by atoms with Crippen LogP contribution in [0.25, 0.3) is 22.3 Å². The number of aromatic amines is 1. The van der Waals surface area contributed by atoms with Crippen LogP contribution < -0.4 is 10.5 Å². The molecule has 1 aliphatic rings. The summed E-state index contributed by atoms with van der Waals surface area (Å²) in [5.41, 5.74) is 2.48. The molecule has 0 atom stereocenters. The van der Waals surface area contributed by atoms with Gasteiger partial charge in [-0.3, -0.25) is 4.79 Å². The third-order valence-corrected chi connectivity index (χ3v) is 4.49. The van der Waals surface area contributed by atoms with E-state index < -0.39 is 0 Å². The highest BCUT2D eigenvalue weighted by atomic mass is 35.5. The smallest absolute Gasteiger partial charge is 0.259 e. The topological polar surface area (TPSA) is 49.0 Å². The summed E-state index contributed by atoms with van der Waals surface area (Å²) in [6, 6.07) is 13.2. The lowest BCUT2D eigenvalue weighted by Gasteiger charge is -2.17. The molecule has 1 saturated heterocycles. The largest absolute Gasteiger partial charge is 0.372 e. The van der Waals surface area contributed by atoms with E-state index in [1.165, 1.54) is 12.8 Å². The Morgan fingerprint density at radius 3 is 2.70 bits per heavy atom. The quantitative estimate of drug-likeness (QED) is 0.778. The SMILES string of the molecule is O=c1[nH]c(-c2cccc(Cl)c2)nc2ccc(N3CCCC3)cc12. The van der Waals surface area contributed by atoms with Gasteiger partial charge in [-0.1, -0.05) is 23.7 Å². The van der Waals surface area contributed by atoms with Crippen LogP contribution in [-0.2, 0) is 0 Å². The van der Waals surface area contributed by atoms with E-state index >= 15 is 0 Å². The van der Waals surface area contributed by atoms with Crippen LogP contribution in [0.4, 0.5) is 5.69 Å². The minimum Gasteiger partial charge on any atom is -0.372 e. The molecule has 4 nitrogen and oxygen atoms in total. The second-order valence-corrected chi connectivity index (χ2v) is 6.26. The van der Waals surface area contributed by atoms with Crippen molar-refractivity contribution in [2.24, 2.45) is 0 Å². The van der Waals surface area contributed by atoms with E-state index in [1.807, 2.05) is 30.3 Å². The van der Waals surface area contributed by atoms with Gasteiger partial charge in [0.15, 0.2) is 0 Å². The van der Waals surface area contributed by atoms with Crippen LogP contribution in [0.15, 0.2) is 47.3 Å². The summed E-state index contributed by atoms with van der Waals surface area (Å²) in [6.45, 7) is 2.11. The summed E-state index contributed by atoms with van der Waals surface area (Å²) >= 11 is 6.02. The molecule has 3 aromatic rings. The van der Waals surface area contributed by atoms with Crippen molar-refractivity contribution in [2.75, 3.05) is 18.0 Å². The average Bonchev–Trinajstić information content (AvgIpc) is 3.09. The number of hydrogen-bond donors (Lipinski definition) is 1. The van der Waals surface area contributed by atoms with E-state index in [0.717, 1.165) is 24.3 Å². The highest BCUT2D eigenvalue weighted by molar-refractivity contribution is 6.30. The molecular formula is C18H16ClN3O. The minimum atomic E-state index is -0.119. The number of hydrogen-bond acceptors (Lipinski definition) is 3. The minimum absolute atomic E-state index is 0.119. The molecule has 0 amide bonds. The van der Waals surface area contributed by atoms with Crippen molar-refractivity contribution in [2.45, 2.75) is 12.8 Å². The summed E-state index contributed by atoms with van der Waals surface area (Å²) in [7, 11) is 0. The van der Waals surface area contributed by atoms with Crippen molar-refractivity contribution in [1.82, 2.24) is 9.97 Å².